The van der Waals surface area contributed by atoms with Crippen LogP contribution in [-0.4, -0.2) is 54.5 Å². The van der Waals surface area contributed by atoms with Gasteiger partial charge in [0, 0.05) is 13.1 Å². The largest absolute Gasteiger partial charge is 0.491 e. The van der Waals surface area contributed by atoms with Gasteiger partial charge in [-0.25, -0.2) is 0 Å². The van der Waals surface area contributed by atoms with Gasteiger partial charge in [-0.15, -0.1) is 0 Å². The molecule has 0 aromatic heterocycles. The molecule has 0 aliphatic carbocycles. The van der Waals surface area contributed by atoms with Gasteiger partial charge in [0.1, 0.15) is 12.4 Å². The normalized spacial score (nSPS) is 19.5. The summed E-state index contributed by atoms with van der Waals surface area (Å²) in [5.41, 5.74) is 3.56. The molecule has 0 radical (unpaired) electrons. The number of likely N-dealkylation sites (tertiary alicyclic amines) is 1. The summed E-state index contributed by atoms with van der Waals surface area (Å²) >= 11 is 0. The standard InChI is InChI=1S/C21H34N2O2/c1-15-11-16(2)21(17(3)12-15)25-14-19(5)22(6)20(24)13-23-10-8-7-9-18(23)4/h11-12,18-19H,7-10,13-14H2,1-6H3. The van der Waals surface area contributed by atoms with Crippen molar-refractivity contribution in [1.82, 2.24) is 9.80 Å². The van der Waals surface area contributed by atoms with Crippen LogP contribution in [0.25, 0.3) is 0 Å². The quantitative estimate of drug-likeness (QED) is 0.787. The van der Waals surface area contributed by atoms with Gasteiger partial charge in [-0.3, -0.25) is 9.69 Å². The van der Waals surface area contributed by atoms with Gasteiger partial charge in [-0.1, -0.05) is 24.1 Å². The lowest BCUT2D eigenvalue weighted by atomic mass is 10.0. The Balaban J connectivity index is 1.89. The molecule has 2 rings (SSSR count). The second-order valence-electron chi connectivity index (χ2n) is 7.71. The minimum Gasteiger partial charge on any atom is -0.491 e. The Morgan fingerprint density at radius 1 is 1.28 bits per heavy atom. The summed E-state index contributed by atoms with van der Waals surface area (Å²) in [6.07, 6.45) is 3.68. The maximum Gasteiger partial charge on any atom is 0.236 e. The van der Waals surface area contributed by atoms with Crippen molar-refractivity contribution < 1.29 is 9.53 Å². The fourth-order valence-electron chi connectivity index (χ4n) is 3.63. The highest BCUT2D eigenvalue weighted by molar-refractivity contribution is 5.78. The Bertz CT molecular complexity index is 577. The number of piperidine rings is 1. The van der Waals surface area contributed by atoms with E-state index in [2.05, 4.69) is 51.7 Å². The summed E-state index contributed by atoms with van der Waals surface area (Å²) in [5.74, 6) is 1.13. The summed E-state index contributed by atoms with van der Waals surface area (Å²) < 4.78 is 6.06. The molecule has 2 atom stereocenters. The number of amides is 1. The number of rotatable bonds is 6. The van der Waals surface area contributed by atoms with Crippen molar-refractivity contribution in [2.45, 2.75) is 66.0 Å². The third-order valence-electron chi connectivity index (χ3n) is 5.41. The van der Waals surface area contributed by atoms with Gasteiger partial charge in [0.15, 0.2) is 0 Å². The van der Waals surface area contributed by atoms with E-state index in [1.54, 1.807) is 0 Å². The maximum atomic E-state index is 12.6. The predicted octanol–water partition coefficient (Wildman–Crippen LogP) is 3.71. The van der Waals surface area contributed by atoms with Gasteiger partial charge in [-0.05, 0) is 65.1 Å². The highest BCUT2D eigenvalue weighted by Crippen LogP contribution is 2.25. The summed E-state index contributed by atoms with van der Waals surface area (Å²) in [4.78, 5) is 16.8. The number of hydrogen-bond donors (Lipinski definition) is 0. The second kappa shape index (κ2) is 8.70. The van der Waals surface area contributed by atoms with Crippen molar-refractivity contribution in [3.63, 3.8) is 0 Å². The molecule has 140 valence electrons. The molecule has 1 saturated heterocycles. The van der Waals surface area contributed by atoms with Crippen molar-refractivity contribution in [2.75, 3.05) is 26.7 Å². The monoisotopic (exact) mass is 346 g/mol. The second-order valence-corrected chi connectivity index (χ2v) is 7.71. The molecule has 0 bridgehead atoms. The molecule has 0 N–H and O–H groups in total. The van der Waals surface area contributed by atoms with Gasteiger partial charge in [0.25, 0.3) is 0 Å². The number of carbonyl (C=O) groups excluding carboxylic acids is 1. The molecule has 0 spiro atoms. The molecule has 1 amide bonds. The molecule has 0 saturated carbocycles. The zero-order valence-corrected chi connectivity index (χ0v) is 16.8. The smallest absolute Gasteiger partial charge is 0.236 e. The van der Waals surface area contributed by atoms with Crippen LogP contribution in [0.2, 0.25) is 0 Å². The predicted molar refractivity (Wildman–Crippen MR) is 103 cm³/mol. The van der Waals surface area contributed by atoms with Crippen LogP contribution in [0.4, 0.5) is 0 Å². The van der Waals surface area contributed by atoms with Crippen molar-refractivity contribution in [3.05, 3.63) is 28.8 Å². The van der Waals surface area contributed by atoms with E-state index in [-0.39, 0.29) is 11.9 Å². The number of hydrogen-bond acceptors (Lipinski definition) is 3. The van der Waals surface area contributed by atoms with E-state index in [0.717, 1.165) is 23.4 Å². The van der Waals surface area contributed by atoms with Crippen LogP contribution < -0.4 is 4.74 Å². The molecular formula is C21H34N2O2. The van der Waals surface area contributed by atoms with E-state index in [0.29, 0.717) is 19.2 Å². The molecule has 25 heavy (non-hydrogen) atoms. The zero-order chi connectivity index (χ0) is 18.6. The molecule has 1 heterocycles. The summed E-state index contributed by atoms with van der Waals surface area (Å²) in [6, 6.07) is 4.84. The van der Waals surface area contributed by atoms with Gasteiger partial charge < -0.3 is 9.64 Å². The number of nitrogens with zero attached hydrogens (tertiary/aromatic N) is 2. The van der Waals surface area contributed by atoms with Gasteiger partial charge in [0.05, 0.1) is 12.6 Å². The highest BCUT2D eigenvalue weighted by Gasteiger charge is 2.24. The topological polar surface area (TPSA) is 32.8 Å². The SMILES string of the molecule is Cc1cc(C)c(OCC(C)N(C)C(=O)CN2CCCCC2C)c(C)c1. The number of likely N-dealkylation sites (N-methyl/N-ethyl adjacent to an activating group) is 1. The summed E-state index contributed by atoms with van der Waals surface area (Å²) in [5, 5.41) is 0. The molecule has 4 nitrogen and oxygen atoms in total. The van der Waals surface area contributed by atoms with E-state index in [4.69, 9.17) is 4.74 Å². The summed E-state index contributed by atoms with van der Waals surface area (Å²) in [7, 11) is 1.89. The van der Waals surface area contributed by atoms with E-state index in [9.17, 15) is 4.79 Å². The van der Waals surface area contributed by atoms with E-state index < -0.39 is 0 Å². The van der Waals surface area contributed by atoms with E-state index >= 15 is 0 Å². The van der Waals surface area contributed by atoms with Gasteiger partial charge >= 0.3 is 0 Å². The van der Waals surface area contributed by atoms with Crippen LogP contribution in [0.5, 0.6) is 5.75 Å². The fraction of sp³-hybridized carbons (Fsp3) is 0.667. The highest BCUT2D eigenvalue weighted by atomic mass is 16.5. The molecule has 1 aromatic rings. The number of benzene rings is 1. The Kier molecular flexibility index (Phi) is 6.88. The van der Waals surface area contributed by atoms with E-state index in [1.165, 1.54) is 24.8 Å². The Morgan fingerprint density at radius 2 is 1.92 bits per heavy atom. The maximum absolute atomic E-state index is 12.6. The molecule has 1 aliphatic rings. The zero-order valence-electron chi connectivity index (χ0n) is 16.8. The summed E-state index contributed by atoms with van der Waals surface area (Å²) in [6.45, 7) is 12.6. The van der Waals surface area contributed by atoms with Crippen LogP contribution in [0.1, 0.15) is 49.8 Å². The van der Waals surface area contributed by atoms with Crippen molar-refractivity contribution >= 4 is 5.91 Å². The minimum absolute atomic E-state index is 0.0488. The Morgan fingerprint density at radius 3 is 2.52 bits per heavy atom. The third kappa shape index (κ3) is 5.21. The van der Waals surface area contributed by atoms with Crippen LogP contribution in [0.3, 0.4) is 0 Å². The molecule has 4 heteroatoms. The average Bonchev–Trinajstić information content (AvgIpc) is 2.55. The first-order valence-corrected chi connectivity index (χ1v) is 9.50. The first kappa shape index (κ1) is 19.8. The number of ether oxygens (including phenoxy) is 1. The molecule has 1 aromatic carbocycles. The van der Waals surface area contributed by atoms with Gasteiger partial charge in [-0.2, -0.15) is 0 Å². The number of carbonyl (C=O) groups is 1. The lowest BCUT2D eigenvalue weighted by molar-refractivity contribution is -0.134. The third-order valence-corrected chi connectivity index (χ3v) is 5.41. The lowest BCUT2D eigenvalue weighted by Crippen LogP contribution is -2.48. The van der Waals surface area contributed by atoms with Gasteiger partial charge in [0.2, 0.25) is 5.91 Å². The average molecular weight is 347 g/mol. The minimum atomic E-state index is 0.0488. The van der Waals surface area contributed by atoms with Crippen LogP contribution in [0, 0.1) is 20.8 Å². The first-order valence-electron chi connectivity index (χ1n) is 9.50. The Labute approximate surface area is 153 Å². The molecule has 1 aliphatic heterocycles. The van der Waals surface area contributed by atoms with Crippen LogP contribution in [0.15, 0.2) is 12.1 Å². The number of aryl methyl sites for hydroxylation is 3. The Hall–Kier alpha value is -1.55. The van der Waals surface area contributed by atoms with Crippen molar-refractivity contribution in [1.29, 1.82) is 0 Å². The van der Waals surface area contributed by atoms with E-state index in [1.807, 2.05) is 11.9 Å². The van der Waals surface area contributed by atoms with Crippen molar-refractivity contribution in [2.24, 2.45) is 0 Å². The molecule has 2 unspecified atom stereocenters. The van der Waals surface area contributed by atoms with Crippen LogP contribution in [-0.2, 0) is 4.79 Å². The molecular weight excluding hydrogens is 312 g/mol. The first-order chi connectivity index (χ1) is 11.8. The van der Waals surface area contributed by atoms with Crippen LogP contribution >= 0.6 is 0 Å². The molecule has 1 fully saturated rings. The van der Waals surface area contributed by atoms with Crippen molar-refractivity contribution in [3.8, 4) is 5.75 Å². The lowest BCUT2D eigenvalue weighted by Gasteiger charge is -2.35. The fourth-order valence-corrected chi connectivity index (χ4v) is 3.63.